The first-order valence-corrected chi connectivity index (χ1v) is 6.48. The van der Waals surface area contributed by atoms with E-state index < -0.39 is 0 Å². The number of rotatable bonds is 5. The van der Waals surface area contributed by atoms with Crippen molar-refractivity contribution in [2.24, 2.45) is 12.8 Å². The molecule has 3 rings (SSSR count). The van der Waals surface area contributed by atoms with Crippen LogP contribution in [0.4, 0.5) is 11.6 Å². The lowest BCUT2D eigenvalue weighted by atomic mass is 10.4. The Kier molecular flexibility index (Phi) is 3.27. The number of carbonyl (C=O) groups excluding carboxylic acids is 1. The van der Waals surface area contributed by atoms with E-state index in [1.165, 1.54) is 0 Å². The normalized spacial score (nSPS) is 10.9. The number of amides is 1. The highest BCUT2D eigenvalue weighted by molar-refractivity contribution is 5.77. The lowest BCUT2D eigenvalue weighted by molar-refractivity contribution is -0.118. The summed E-state index contributed by atoms with van der Waals surface area (Å²) in [6.45, 7) is 0.502. The lowest BCUT2D eigenvalue weighted by Crippen LogP contribution is -2.13. The van der Waals surface area contributed by atoms with Gasteiger partial charge >= 0.3 is 0 Å². The molecule has 108 valence electrons. The van der Waals surface area contributed by atoms with E-state index in [9.17, 15) is 4.79 Å². The fourth-order valence-corrected chi connectivity index (χ4v) is 2.06. The zero-order valence-corrected chi connectivity index (χ0v) is 11.5. The molecule has 0 atom stereocenters. The molecule has 0 saturated carbocycles. The molecule has 0 saturated heterocycles. The second kappa shape index (κ2) is 5.23. The van der Waals surface area contributed by atoms with E-state index in [0.717, 1.165) is 16.7 Å². The molecule has 3 N–H and O–H groups in total. The number of carbonyl (C=O) groups is 1. The minimum atomic E-state index is -0.334. The van der Waals surface area contributed by atoms with E-state index >= 15 is 0 Å². The number of nitrogens with zero attached hydrogens (tertiary/aromatic N) is 5. The van der Waals surface area contributed by atoms with Crippen molar-refractivity contribution in [1.29, 1.82) is 0 Å². The van der Waals surface area contributed by atoms with Gasteiger partial charge in [-0.3, -0.25) is 9.48 Å². The lowest BCUT2D eigenvalue weighted by Gasteiger charge is -2.05. The summed E-state index contributed by atoms with van der Waals surface area (Å²) in [5.74, 6) is 0.147. The molecule has 3 heterocycles. The third kappa shape index (κ3) is 2.83. The number of hydrogen-bond acceptors (Lipinski definition) is 5. The second-order valence-electron chi connectivity index (χ2n) is 4.73. The van der Waals surface area contributed by atoms with Crippen LogP contribution in [-0.2, 0) is 18.4 Å². The zero-order valence-electron chi connectivity index (χ0n) is 11.5. The number of aromatic nitrogens is 5. The summed E-state index contributed by atoms with van der Waals surface area (Å²) in [5.41, 5.74) is 6.75. The third-order valence-electron chi connectivity index (χ3n) is 3.06. The highest BCUT2D eigenvalue weighted by Gasteiger charge is 2.07. The van der Waals surface area contributed by atoms with Crippen LogP contribution >= 0.6 is 0 Å². The predicted octanol–water partition coefficient (Wildman–Crippen LogP) is 0.784. The van der Waals surface area contributed by atoms with Gasteiger partial charge in [-0.2, -0.15) is 10.1 Å². The highest BCUT2D eigenvalue weighted by Crippen LogP contribution is 2.17. The first-order valence-electron chi connectivity index (χ1n) is 6.48. The summed E-state index contributed by atoms with van der Waals surface area (Å²) < 4.78 is 3.58. The smallest absolute Gasteiger partial charge is 0.229 e. The maximum atomic E-state index is 10.9. The van der Waals surface area contributed by atoms with Gasteiger partial charge in [0.1, 0.15) is 5.65 Å². The van der Waals surface area contributed by atoms with Gasteiger partial charge in [-0.05, 0) is 6.07 Å². The van der Waals surface area contributed by atoms with E-state index in [2.05, 4.69) is 20.4 Å². The molecule has 8 nitrogen and oxygen atoms in total. The van der Waals surface area contributed by atoms with Crippen molar-refractivity contribution in [3.05, 3.63) is 30.9 Å². The number of aryl methyl sites for hydroxylation is 2. The summed E-state index contributed by atoms with van der Waals surface area (Å²) >= 11 is 0. The van der Waals surface area contributed by atoms with Crippen LogP contribution in [0, 0.1) is 0 Å². The summed E-state index contributed by atoms with van der Waals surface area (Å²) in [4.78, 5) is 19.6. The molecule has 0 bridgehead atoms. The molecule has 0 fully saturated rings. The Morgan fingerprint density at radius 2 is 2.29 bits per heavy atom. The van der Waals surface area contributed by atoms with Crippen LogP contribution in [-0.4, -0.2) is 30.2 Å². The van der Waals surface area contributed by atoms with Gasteiger partial charge in [0, 0.05) is 44.0 Å². The Labute approximate surface area is 120 Å². The summed E-state index contributed by atoms with van der Waals surface area (Å²) in [7, 11) is 1.84. The van der Waals surface area contributed by atoms with E-state index in [4.69, 9.17) is 5.73 Å². The number of anilines is 2. The van der Waals surface area contributed by atoms with Crippen LogP contribution in [0.1, 0.15) is 6.42 Å². The number of fused-ring (bicyclic) bond motifs is 1. The summed E-state index contributed by atoms with van der Waals surface area (Å²) in [5, 5.41) is 8.07. The maximum absolute atomic E-state index is 10.9. The van der Waals surface area contributed by atoms with Crippen LogP contribution in [0.15, 0.2) is 30.9 Å². The van der Waals surface area contributed by atoms with Gasteiger partial charge in [-0.1, -0.05) is 0 Å². The standard InChI is InChI=1S/C13H15N7O/c1-19-8-10(7-16-19)17-13-15-6-9-2-4-20(12(9)18-13)5-3-11(14)21/h2,4,6-8H,3,5H2,1H3,(H2,14,21)(H,15,17,18). The van der Waals surface area contributed by atoms with Crippen LogP contribution < -0.4 is 11.1 Å². The van der Waals surface area contributed by atoms with E-state index in [1.54, 1.807) is 17.1 Å². The van der Waals surface area contributed by atoms with Gasteiger partial charge in [0.2, 0.25) is 11.9 Å². The van der Waals surface area contributed by atoms with Crippen molar-refractivity contribution < 1.29 is 4.79 Å². The first kappa shape index (κ1) is 13.1. The van der Waals surface area contributed by atoms with Crippen LogP contribution in [0.5, 0.6) is 0 Å². The molecule has 3 aromatic heterocycles. The predicted molar refractivity (Wildman–Crippen MR) is 77.8 cm³/mol. The van der Waals surface area contributed by atoms with Crippen LogP contribution in [0.2, 0.25) is 0 Å². The van der Waals surface area contributed by atoms with Crippen molar-refractivity contribution in [1.82, 2.24) is 24.3 Å². The van der Waals surface area contributed by atoms with Crippen LogP contribution in [0.3, 0.4) is 0 Å². The molecule has 0 aliphatic carbocycles. The fourth-order valence-electron chi connectivity index (χ4n) is 2.06. The monoisotopic (exact) mass is 285 g/mol. The van der Waals surface area contributed by atoms with Crippen molar-refractivity contribution >= 4 is 28.6 Å². The fraction of sp³-hybridized carbons (Fsp3) is 0.231. The highest BCUT2D eigenvalue weighted by atomic mass is 16.1. The molecular weight excluding hydrogens is 270 g/mol. The van der Waals surface area contributed by atoms with E-state index in [1.807, 2.05) is 30.1 Å². The minimum Gasteiger partial charge on any atom is -0.370 e. The van der Waals surface area contributed by atoms with Gasteiger partial charge in [0.25, 0.3) is 0 Å². The average molecular weight is 285 g/mol. The minimum absolute atomic E-state index is 0.277. The largest absolute Gasteiger partial charge is 0.370 e. The molecule has 0 aromatic carbocycles. The van der Waals surface area contributed by atoms with Gasteiger partial charge in [-0.25, -0.2) is 4.98 Å². The molecule has 0 radical (unpaired) electrons. The number of hydrogen-bond donors (Lipinski definition) is 2. The number of nitrogens with one attached hydrogen (secondary N) is 1. The molecule has 8 heteroatoms. The third-order valence-corrected chi connectivity index (χ3v) is 3.06. The molecular formula is C13H15N7O. The summed E-state index contributed by atoms with van der Waals surface area (Å²) in [6.07, 6.45) is 7.41. The second-order valence-corrected chi connectivity index (χ2v) is 4.73. The van der Waals surface area contributed by atoms with Gasteiger partial charge in [-0.15, -0.1) is 0 Å². The number of nitrogens with two attached hydrogens (primary N) is 1. The van der Waals surface area contributed by atoms with Crippen molar-refractivity contribution in [2.75, 3.05) is 5.32 Å². The van der Waals surface area contributed by atoms with Crippen molar-refractivity contribution in [3.63, 3.8) is 0 Å². The Bertz CT molecular complexity index is 789. The topological polar surface area (TPSA) is 104 Å². The molecule has 3 aromatic rings. The molecule has 0 aliphatic rings. The Balaban J connectivity index is 1.87. The Morgan fingerprint density at radius 1 is 1.43 bits per heavy atom. The van der Waals surface area contributed by atoms with Crippen molar-refractivity contribution in [3.8, 4) is 0 Å². The van der Waals surface area contributed by atoms with Gasteiger partial charge in [0.05, 0.1) is 11.9 Å². The number of primary amides is 1. The summed E-state index contributed by atoms with van der Waals surface area (Å²) in [6, 6.07) is 1.91. The average Bonchev–Trinajstić information content (AvgIpc) is 3.03. The molecule has 0 unspecified atom stereocenters. The molecule has 0 aliphatic heterocycles. The van der Waals surface area contributed by atoms with Gasteiger partial charge < -0.3 is 15.6 Å². The van der Waals surface area contributed by atoms with Crippen LogP contribution in [0.25, 0.3) is 11.0 Å². The molecule has 0 spiro atoms. The van der Waals surface area contributed by atoms with E-state index in [-0.39, 0.29) is 12.3 Å². The Hall–Kier alpha value is -2.90. The van der Waals surface area contributed by atoms with Gasteiger partial charge in [0.15, 0.2) is 0 Å². The van der Waals surface area contributed by atoms with E-state index in [0.29, 0.717) is 12.5 Å². The first-order chi connectivity index (χ1) is 10.1. The zero-order chi connectivity index (χ0) is 14.8. The Morgan fingerprint density at radius 3 is 3.00 bits per heavy atom. The van der Waals surface area contributed by atoms with Crippen molar-refractivity contribution in [2.45, 2.75) is 13.0 Å². The molecule has 21 heavy (non-hydrogen) atoms. The SMILES string of the molecule is Cn1cc(Nc2ncc3ccn(CCC(N)=O)c3n2)cn1. The molecule has 1 amide bonds. The quantitative estimate of drug-likeness (QED) is 0.721. The maximum Gasteiger partial charge on any atom is 0.229 e.